The molecule has 2 rings (SSSR count). The van der Waals surface area contributed by atoms with Gasteiger partial charge >= 0.3 is 0 Å². The summed E-state index contributed by atoms with van der Waals surface area (Å²) in [5.74, 6) is -0.315. The maximum absolute atomic E-state index is 13.2. The standard InChI is InChI=1S/C10H8ClFS/c1-2-7-9(11)8(12)5-6-3-4-13-10(6)7/h3-5H,2H2,1H3. The van der Waals surface area contributed by atoms with Gasteiger partial charge in [-0.1, -0.05) is 18.5 Å². The molecule has 0 saturated carbocycles. The second-order valence-corrected chi connectivity index (χ2v) is 4.14. The molecule has 0 unspecified atom stereocenters. The van der Waals surface area contributed by atoms with Crippen LogP contribution in [0.15, 0.2) is 17.5 Å². The topological polar surface area (TPSA) is 0 Å². The molecule has 0 aliphatic carbocycles. The van der Waals surface area contributed by atoms with Crippen LogP contribution in [0.3, 0.4) is 0 Å². The second kappa shape index (κ2) is 3.28. The van der Waals surface area contributed by atoms with Gasteiger partial charge in [0.25, 0.3) is 0 Å². The maximum atomic E-state index is 13.2. The molecular weight excluding hydrogens is 207 g/mol. The summed E-state index contributed by atoms with van der Waals surface area (Å²) < 4.78 is 14.4. The van der Waals surface area contributed by atoms with Crippen molar-refractivity contribution in [1.29, 1.82) is 0 Å². The molecule has 1 heterocycles. The Balaban J connectivity index is 2.87. The molecule has 0 saturated heterocycles. The zero-order valence-corrected chi connectivity index (χ0v) is 8.68. The lowest BCUT2D eigenvalue weighted by Crippen LogP contribution is -1.86. The minimum absolute atomic E-state index is 0.275. The number of fused-ring (bicyclic) bond motifs is 1. The fourth-order valence-corrected chi connectivity index (χ4v) is 2.78. The molecule has 0 bridgehead atoms. The summed E-state index contributed by atoms with van der Waals surface area (Å²) in [6, 6.07) is 3.41. The van der Waals surface area contributed by atoms with Crippen molar-refractivity contribution in [2.45, 2.75) is 13.3 Å². The highest BCUT2D eigenvalue weighted by Gasteiger charge is 2.10. The van der Waals surface area contributed by atoms with Gasteiger partial charge in [0.05, 0.1) is 5.02 Å². The lowest BCUT2D eigenvalue weighted by molar-refractivity contribution is 0.628. The number of benzene rings is 1. The van der Waals surface area contributed by atoms with Gasteiger partial charge in [-0.3, -0.25) is 0 Å². The summed E-state index contributed by atoms with van der Waals surface area (Å²) in [6.07, 6.45) is 0.771. The molecule has 1 aromatic heterocycles. The molecule has 1 aromatic carbocycles. The third-order valence-electron chi connectivity index (χ3n) is 2.08. The van der Waals surface area contributed by atoms with Crippen LogP contribution < -0.4 is 0 Å². The molecule has 0 aliphatic rings. The molecule has 68 valence electrons. The first kappa shape index (κ1) is 8.97. The van der Waals surface area contributed by atoms with Crippen molar-refractivity contribution in [2.75, 3.05) is 0 Å². The summed E-state index contributed by atoms with van der Waals surface area (Å²) in [6.45, 7) is 1.99. The van der Waals surface area contributed by atoms with E-state index in [1.54, 1.807) is 11.3 Å². The lowest BCUT2D eigenvalue weighted by atomic mass is 10.1. The monoisotopic (exact) mass is 214 g/mol. The summed E-state index contributed by atoms with van der Waals surface area (Å²) in [4.78, 5) is 0. The number of aryl methyl sites for hydroxylation is 1. The quantitative estimate of drug-likeness (QED) is 0.666. The van der Waals surface area contributed by atoms with Crippen molar-refractivity contribution >= 4 is 33.0 Å². The van der Waals surface area contributed by atoms with Crippen molar-refractivity contribution in [1.82, 2.24) is 0 Å². The Morgan fingerprint density at radius 2 is 2.31 bits per heavy atom. The molecule has 0 radical (unpaired) electrons. The van der Waals surface area contributed by atoms with Crippen molar-refractivity contribution < 1.29 is 4.39 Å². The Bertz CT molecular complexity index is 447. The van der Waals surface area contributed by atoms with E-state index in [2.05, 4.69) is 0 Å². The Morgan fingerprint density at radius 3 is 3.00 bits per heavy atom. The van der Waals surface area contributed by atoms with Crippen molar-refractivity contribution in [3.8, 4) is 0 Å². The molecule has 0 fully saturated rings. The van der Waals surface area contributed by atoms with E-state index in [0.29, 0.717) is 0 Å². The fraction of sp³-hybridized carbons (Fsp3) is 0.200. The first-order valence-electron chi connectivity index (χ1n) is 4.08. The SMILES string of the molecule is CCc1c(Cl)c(F)cc2ccsc12. The number of thiophene rings is 1. The Morgan fingerprint density at radius 1 is 1.54 bits per heavy atom. The van der Waals surface area contributed by atoms with Crippen LogP contribution >= 0.6 is 22.9 Å². The van der Waals surface area contributed by atoms with Crippen LogP contribution in [-0.4, -0.2) is 0 Å². The highest BCUT2D eigenvalue weighted by atomic mass is 35.5. The molecule has 3 heteroatoms. The van der Waals surface area contributed by atoms with E-state index in [1.165, 1.54) is 6.07 Å². The molecule has 0 amide bonds. The van der Waals surface area contributed by atoms with Crippen LogP contribution in [0.4, 0.5) is 4.39 Å². The first-order valence-corrected chi connectivity index (χ1v) is 5.34. The van der Waals surface area contributed by atoms with E-state index in [9.17, 15) is 4.39 Å². The average Bonchev–Trinajstić information content (AvgIpc) is 2.54. The minimum atomic E-state index is -0.315. The van der Waals surface area contributed by atoms with Crippen molar-refractivity contribution in [2.24, 2.45) is 0 Å². The first-order chi connectivity index (χ1) is 6.24. The zero-order valence-electron chi connectivity index (χ0n) is 7.10. The molecule has 0 nitrogen and oxygen atoms in total. The maximum Gasteiger partial charge on any atom is 0.142 e. The Kier molecular flexibility index (Phi) is 2.26. The van der Waals surface area contributed by atoms with Crippen molar-refractivity contribution in [3.05, 3.63) is 33.9 Å². The van der Waals surface area contributed by atoms with Crippen molar-refractivity contribution in [3.63, 3.8) is 0 Å². The average molecular weight is 215 g/mol. The van der Waals surface area contributed by atoms with E-state index in [-0.39, 0.29) is 10.8 Å². The van der Waals surface area contributed by atoms with Crippen LogP contribution in [0, 0.1) is 5.82 Å². The smallest absolute Gasteiger partial charge is 0.142 e. The van der Waals surface area contributed by atoms with Gasteiger partial charge in [-0.2, -0.15) is 0 Å². The van der Waals surface area contributed by atoms with Gasteiger partial charge in [0.15, 0.2) is 0 Å². The Labute approximate surface area is 85.0 Å². The normalized spacial score (nSPS) is 11.0. The molecule has 0 spiro atoms. The van der Waals surface area contributed by atoms with E-state index >= 15 is 0 Å². The van der Waals surface area contributed by atoms with Crippen LogP contribution in [-0.2, 0) is 6.42 Å². The highest BCUT2D eigenvalue weighted by Crippen LogP contribution is 2.32. The van der Waals surface area contributed by atoms with Gasteiger partial charge in [-0.15, -0.1) is 11.3 Å². The molecule has 0 atom stereocenters. The van der Waals surface area contributed by atoms with E-state index in [1.807, 2.05) is 18.4 Å². The minimum Gasteiger partial charge on any atom is -0.205 e. The second-order valence-electron chi connectivity index (χ2n) is 2.84. The lowest BCUT2D eigenvalue weighted by Gasteiger charge is -2.03. The molecule has 13 heavy (non-hydrogen) atoms. The van der Waals surface area contributed by atoms with Crippen LogP contribution in [0.25, 0.3) is 10.1 Å². The van der Waals surface area contributed by atoms with Gasteiger partial charge in [0.2, 0.25) is 0 Å². The predicted octanol–water partition coefficient (Wildman–Crippen LogP) is 4.26. The van der Waals surface area contributed by atoms with Gasteiger partial charge in [-0.05, 0) is 34.9 Å². The molecular formula is C10H8ClFS. The van der Waals surface area contributed by atoms with Crippen LogP contribution in [0.5, 0.6) is 0 Å². The van der Waals surface area contributed by atoms with E-state index in [4.69, 9.17) is 11.6 Å². The number of halogens is 2. The zero-order chi connectivity index (χ0) is 9.42. The Hall–Kier alpha value is -0.600. The number of hydrogen-bond acceptors (Lipinski definition) is 1. The summed E-state index contributed by atoms with van der Waals surface area (Å²) >= 11 is 7.47. The predicted molar refractivity (Wildman–Crippen MR) is 56.2 cm³/mol. The third kappa shape index (κ3) is 1.34. The van der Waals surface area contributed by atoms with E-state index < -0.39 is 0 Å². The summed E-state index contributed by atoms with van der Waals surface area (Å²) in [5.41, 5.74) is 0.923. The molecule has 2 aromatic rings. The largest absolute Gasteiger partial charge is 0.205 e. The third-order valence-corrected chi connectivity index (χ3v) is 3.48. The van der Waals surface area contributed by atoms with Gasteiger partial charge in [-0.25, -0.2) is 4.39 Å². The summed E-state index contributed by atoms with van der Waals surface area (Å²) in [5, 5.41) is 3.18. The number of rotatable bonds is 1. The van der Waals surface area contributed by atoms with Gasteiger partial charge in [0, 0.05) is 4.70 Å². The highest BCUT2D eigenvalue weighted by molar-refractivity contribution is 7.17. The molecule has 0 aliphatic heterocycles. The fourth-order valence-electron chi connectivity index (χ4n) is 1.44. The van der Waals surface area contributed by atoms with E-state index in [0.717, 1.165) is 22.1 Å². The molecule has 0 N–H and O–H groups in total. The summed E-state index contributed by atoms with van der Waals surface area (Å²) in [7, 11) is 0. The van der Waals surface area contributed by atoms with Crippen LogP contribution in [0.2, 0.25) is 5.02 Å². The van der Waals surface area contributed by atoms with Crippen LogP contribution in [0.1, 0.15) is 12.5 Å². The number of hydrogen-bond donors (Lipinski definition) is 0. The van der Waals surface area contributed by atoms with Gasteiger partial charge in [0.1, 0.15) is 5.82 Å². The van der Waals surface area contributed by atoms with Gasteiger partial charge < -0.3 is 0 Å².